The number of aryl methyl sites for hydroxylation is 1. The highest BCUT2D eigenvalue weighted by atomic mass is 79.9. The highest BCUT2D eigenvalue weighted by molar-refractivity contribution is 5.97. The molecular formula is C10H12BrNO2. The van der Waals surface area contributed by atoms with Gasteiger partial charge in [-0.3, -0.25) is 9.59 Å². The number of carbonyl (C=O) groups excluding carboxylic acids is 2. The fraction of sp³-hybridized carbons (Fsp3) is 0.300. The van der Waals surface area contributed by atoms with Gasteiger partial charge in [0.15, 0.2) is 12.0 Å². The molecule has 1 heterocycles. The molecule has 0 unspecified atom stereocenters. The molecular weight excluding hydrogens is 246 g/mol. The topological polar surface area (TPSA) is 38.0 Å². The number of halogens is 1. The van der Waals surface area contributed by atoms with Crippen molar-refractivity contribution < 1.29 is 31.1 Å². The van der Waals surface area contributed by atoms with Gasteiger partial charge in [0, 0.05) is 24.6 Å². The van der Waals surface area contributed by atoms with E-state index in [1.807, 2.05) is 0 Å². The van der Waals surface area contributed by atoms with Gasteiger partial charge in [-0.05, 0) is 6.92 Å². The van der Waals surface area contributed by atoms with Crippen LogP contribution in [0.1, 0.15) is 34.7 Å². The first kappa shape index (κ1) is 13.0. The van der Waals surface area contributed by atoms with Crippen LogP contribution in [0.25, 0.3) is 0 Å². The molecule has 4 heteroatoms. The van der Waals surface area contributed by atoms with Crippen molar-refractivity contribution in [1.29, 1.82) is 0 Å². The molecule has 76 valence electrons. The van der Waals surface area contributed by atoms with E-state index in [-0.39, 0.29) is 28.5 Å². The second-order valence-corrected chi connectivity index (χ2v) is 3.02. The summed E-state index contributed by atoms with van der Waals surface area (Å²) >= 11 is 0. The maximum absolute atomic E-state index is 11.1. The van der Waals surface area contributed by atoms with Crippen molar-refractivity contribution in [3.05, 3.63) is 29.6 Å². The summed E-state index contributed by atoms with van der Waals surface area (Å²) in [5.74, 6) is -0.0614. The number of aromatic nitrogens is 1. The molecule has 0 radical (unpaired) electrons. The van der Waals surface area contributed by atoms with Crippen LogP contribution in [0.5, 0.6) is 0 Å². The smallest absolute Gasteiger partial charge is 0.248 e. The van der Waals surface area contributed by atoms with Crippen molar-refractivity contribution in [3.63, 3.8) is 0 Å². The molecule has 0 aliphatic heterocycles. The molecule has 0 amide bonds. The summed E-state index contributed by atoms with van der Waals surface area (Å²) in [6, 6.07) is 3.32. The van der Waals surface area contributed by atoms with Gasteiger partial charge >= 0.3 is 0 Å². The Morgan fingerprint density at radius 2 is 1.79 bits per heavy atom. The van der Waals surface area contributed by atoms with E-state index in [4.69, 9.17) is 0 Å². The Balaban J connectivity index is 0.00000169. The Labute approximate surface area is 93.5 Å². The van der Waals surface area contributed by atoms with Gasteiger partial charge in [0.1, 0.15) is 7.05 Å². The van der Waals surface area contributed by atoms with E-state index in [0.717, 1.165) is 0 Å². The average Bonchev–Trinajstić information content (AvgIpc) is 2.04. The SMILES string of the molecule is CC(=O)c1cc[n+](C)c(C(C)=O)c1.[Br-]. The maximum Gasteiger partial charge on any atom is 0.248 e. The summed E-state index contributed by atoms with van der Waals surface area (Å²) in [7, 11) is 1.78. The predicted molar refractivity (Wildman–Crippen MR) is 47.6 cm³/mol. The normalized spacial score (nSPS) is 9.07. The van der Waals surface area contributed by atoms with E-state index < -0.39 is 0 Å². The van der Waals surface area contributed by atoms with E-state index >= 15 is 0 Å². The number of carbonyl (C=O) groups is 2. The van der Waals surface area contributed by atoms with E-state index in [1.165, 1.54) is 13.8 Å². The van der Waals surface area contributed by atoms with Crippen molar-refractivity contribution in [2.24, 2.45) is 7.05 Å². The lowest BCUT2D eigenvalue weighted by Gasteiger charge is -1.97. The number of hydrogen-bond donors (Lipinski definition) is 0. The maximum atomic E-state index is 11.1. The molecule has 0 spiro atoms. The van der Waals surface area contributed by atoms with Crippen LogP contribution in [0.4, 0.5) is 0 Å². The van der Waals surface area contributed by atoms with Crippen molar-refractivity contribution in [3.8, 4) is 0 Å². The molecule has 0 N–H and O–H groups in total. The van der Waals surface area contributed by atoms with Gasteiger partial charge in [-0.2, -0.15) is 4.57 Å². The van der Waals surface area contributed by atoms with Crippen molar-refractivity contribution in [2.75, 3.05) is 0 Å². The van der Waals surface area contributed by atoms with Crippen molar-refractivity contribution in [1.82, 2.24) is 0 Å². The third-order valence-electron chi connectivity index (χ3n) is 1.92. The van der Waals surface area contributed by atoms with Crippen LogP contribution >= 0.6 is 0 Å². The summed E-state index contributed by atoms with van der Waals surface area (Å²) in [5, 5.41) is 0. The number of hydrogen-bond acceptors (Lipinski definition) is 2. The quantitative estimate of drug-likeness (QED) is 0.451. The molecule has 0 fully saturated rings. The molecule has 3 nitrogen and oxygen atoms in total. The van der Waals surface area contributed by atoms with Gasteiger partial charge in [0.25, 0.3) is 0 Å². The summed E-state index contributed by atoms with van der Waals surface area (Å²) in [4.78, 5) is 22.1. The highest BCUT2D eigenvalue weighted by Gasteiger charge is 2.13. The first-order chi connectivity index (χ1) is 6.02. The molecule has 0 atom stereocenters. The first-order valence-electron chi connectivity index (χ1n) is 4.04. The molecule has 0 saturated carbocycles. The zero-order valence-corrected chi connectivity index (χ0v) is 9.96. The number of nitrogens with zero attached hydrogens (tertiary/aromatic N) is 1. The van der Waals surface area contributed by atoms with Gasteiger partial charge in [-0.25, -0.2) is 0 Å². The Bertz CT molecular complexity index is 374. The van der Waals surface area contributed by atoms with E-state index in [0.29, 0.717) is 11.3 Å². The molecule has 14 heavy (non-hydrogen) atoms. The van der Waals surface area contributed by atoms with Gasteiger partial charge in [-0.15, -0.1) is 0 Å². The van der Waals surface area contributed by atoms with Crippen LogP contribution in [0.15, 0.2) is 18.3 Å². The monoisotopic (exact) mass is 257 g/mol. The minimum Gasteiger partial charge on any atom is -1.00 e. The average molecular weight is 258 g/mol. The number of rotatable bonds is 2. The van der Waals surface area contributed by atoms with Crippen LogP contribution in [-0.4, -0.2) is 11.6 Å². The summed E-state index contributed by atoms with van der Waals surface area (Å²) in [6.07, 6.45) is 1.72. The first-order valence-corrected chi connectivity index (χ1v) is 4.04. The van der Waals surface area contributed by atoms with Gasteiger partial charge < -0.3 is 17.0 Å². The predicted octanol–water partition coefficient (Wildman–Crippen LogP) is -2.08. The number of Topliss-reactive ketones (excluding diaryl/α,β-unsaturated/α-hetero) is 2. The van der Waals surface area contributed by atoms with Gasteiger partial charge in [0.05, 0.1) is 0 Å². The number of ketones is 2. The van der Waals surface area contributed by atoms with Gasteiger partial charge in [-0.1, -0.05) is 0 Å². The lowest BCUT2D eigenvalue weighted by molar-refractivity contribution is -0.673. The van der Waals surface area contributed by atoms with Crippen LogP contribution in [0, 0.1) is 0 Å². The lowest BCUT2D eigenvalue weighted by atomic mass is 10.1. The van der Waals surface area contributed by atoms with Gasteiger partial charge in [0.2, 0.25) is 11.5 Å². The standard InChI is InChI=1S/C10H12NO2.BrH/c1-7(12)9-4-5-11(3)10(6-9)8(2)13;/h4-6H,1-3H3;1H/q+1;/p-1. The molecule has 0 aliphatic rings. The Hall–Kier alpha value is -1.03. The second kappa shape index (κ2) is 5.00. The summed E-state index contributed by atoms with van der Waals surface area (Å²) < 4.78 is 1.70. The lowest BCUT2D eigenvalue weighted by Crippen LogP contribution is -3.00. The highest BCUT2D eigenvalue weighted by Crippen LogP contribution is 2.01. The van der Waals surface area contributed by atoms with Crippen LogP contribution < -0.4 is 21.5 Å². The molecule has 1 aromatic rings. The van der Waals surface area contributed by atoms with E-state index in [9.17, 15) is 9.59 Å². The molecule has 1 aromatic heterocycles. The van der Waals surface area contributed by atoms with Crippen LogP contribution in [-0.2, 0) is 7.05 Å². The second-order valence-electron chi connectivity index (χ2n) is 3.02. The minimum atomic E-state index is -0.0365. The Morgan fingerprint density at radius 3 is 2.21 bits per heavy atom. The fourth-order valence-electron chi connectivity index (χ4n) is 1.14. The molecule has 0 saturated heterocycles. The third-order valence-corrected chi connectivity index (χ3v) is 1.92. The Morgan fingerprint density at radius 1 is 1.21 bits per heavy atom. The van der Waals surface area contributed by atoms with Crippen LogP contribution in [0.2, 0.25) is 0 Å². The third kappa shape index (κ3) is 2.73. The number of pyridine rings is 1. The summed E-state index contributed by atoms with van der Waals surface area (Å²) in [5.41, 5.74) is 1.12. The summed E-state index contributed by atoms with van der Waals surface area (Å²) in [6.45, 7) is 2.97. The Kier molecular flexibility index (Phi) is 4.63. The molecule has 0 bridgehead atoms. The van der Waals surface area contributed by atoms with Crippen LogP contribution in [0.3, 0.4) is 0 Å². The fourth-order valence-corrected chi connectivity index (χ4v) is 1.14. The minimum absolute atomic E-state index is 0. The largest absolute Gasteiger partial charge is 1.00 e. The zero-order valence-electron chi connectivity index (χ0n) is 8.37. The van der Waals surface area contributed by atoms with E-state index in [1.54, 1.807) is 29.9 Å². The molecule has 1 rings (SSSR count). The molecule has 0 aliphatic carbocycles. The zero-order chi connectivity index (χ0) is 10.0. The van der Waals surface area contributed by atoms with Crippen molar-refractivity contribution in [2.45, 2.75) is 13.8 Å². The van der Waals surface area contributed by atoms with Crippen molar-refractivity contribution >= 4 is 11.6 Å². The molecule has 0 aromatic carbocycles. The van der Waals surface area contributed by atoms with E-state index in [2.05, 4.69) is 0 Å².